The number of thiazole rings is 1. The first kappa shape index (κ1) is 25.0. The molecule has 2 aliphatic rings. The van der Waals surface area contributed by atoms with Crippen molar-refractivity contribution >= 4 is 32.5 Å². The van der Waals surface area contributed by atoms with E-state index in [1.54, 1.807) is 17.5 Å². The molecule has 40 heavy (non-hydrogen) atoms. The first-order valence-electron chi connectivity index (χ1n) is 13.6. The van der Waals surface area contributed by atoms with E-state index >= 15 is 0 Å². The molecule has 3 aromatic heterocycles. The minimum Gasteiger partial charge on any atom is -0.457 e. The average Bonchev–Trinajstić information content (AvgIpc) is 3.53. The van der Waals surface area contributed by atoms with Crippen LogP contribution in [0.5, 0.6) is 11.5 Å². The number of nitrogens with one attached hydrogen (secondary N) is 1. The Morgan fingerprint density at radius 2 is 1.75 bits per heavy atom. The lowest BCUT2D eigenvalue weighted by Crippen LogP contribution is -2.44. The smallest absolute Gasteiger partial charge is 0.184 e. The van der Waals surface area contributed by atoms with Crippen molar-refractivity contribution in [1.82, 2.24) is 19.9 Å². The van der Waals surface area contributed by atoms with Crippen LogP contribution in [0.1, 0.15) is 17.2 Å². The topological polar surface area (TPSA) is 86.6 Å². The second-order valence-corrected chi connectivity index (χ2v) is 11.4. The van der Waals surface area contributed by atoms with Gasteiger partial charge in [0.05, 0.1) is 28.1 Å². The van der Waals surface area contributed by atoms with Crippen molar-refractivity contribution in [2.75, 3.05) is 43.4 Å². The molecule has 5 aromatic rings. The van der Waals surface area contributed by atoms with Crippen LogP contribution in [-0.2, 0) is 6.42 Å². The number of aliphatic hydroxyl groups is 1. The molecule has 8 nitrogen and oxygen atoms in total. The van der Waals surface area contributed by atoms with Crippen LogP contribution in [0.2, 0.25) is 0 Å². The predicted octanol–water partition coefficient (Wildman–Crippen LogP) is 5.37. The molecule has 2 aromatic carbocycles. The lowest BCUT2D eigenvalue weighted by molar-refractivity contribution is 0.166. The second kappa shape index (κ2) is 10.5. The molecule has 0 bridgehead atoms. The zero-order valence-electron chi connectivity index (χ0n) is 22.2. The van der Waals surface area contributed by atoms with Crippen molar-refractivity contribution in [1.29, 1.82) is 0 Å². The number of hydrogen-bond donors (Lipinski definition) is 2. The van der Waals surface area contributed by atoms with Crippen molar-refractivity contribution in [2.24, 2.45) is 0 Å². The van der Waals surface area contributed by atoms with Gasteiger partial charge in [-0.15, -0.1) is 0 Å². The third kappa shape index (κ3) is 4.99. The third-order valence-electron chi connectivity index (χ3n) is 7.68. The summed E-state index contributed by atoms with van der Waals surface area (Å²) in [4.78, 5) is 18.6. The van der Waals surface area contributed by atoms with Gasteiger partial charge in [0.25, 0.3) is 0 Å². The molecular formula is C31H30N6O2S. The van der Waals surface area contributed by atoms with Gasteiger partial charge in [-0.25, -0.2) is 9.97 Å². The summed E-state index contributed by atoms with van der Waals surface area (Å²) in [6, 6.07) is 21.9. The van der Waals surface area contributed by atoms with Gasteiger partial charge in [0.15, 0.2) is 5.13 Å². The number of likely N-dealkylation sites (N-methyl/N-ethyl adjacent to an activating group) is 1. The van der Waals surface area contributed by atoms with E-state index in [4.69, 9.17) is 9.72 Å². The lowest BCUT2D eigenvalue weighted by Gasteiger charge is -2.33. The van der Waals surface area contributed by atoms with Crippen molar-refractivity contribution < 1.29 is 9.84 Å². The minimum absolute atomic E-state index is 0.160. The van der Waals surface area contributed by atoms with Crippen molar-refractivity contribution in [3.63, 3.8) is 0 Å². The molecule has 4 heterocycles. The van der Waals surface area contributed by atoms with Gasteiger partial charge >= 0.3 is 0 Å². The standard InChI is InChI=1S/C31H30N6O2S/c1-36-12-14-37(15-13-36)29-17-21(8-10-33-29)26-18-23(9-11-32-26)39-22-6-7-25-28(19-22)40-31(34-25)35-30-24-5-3-2-4-20(24)16-27(30)38/h2-11,17-19,27,30,38H,12-16H2,1H3,(H,34,35)/t27-,30?/m0/s1. The maximum absolute atomic E-state index is 10.6. The molecule has 1 fully saturated rings. The van der Waals surface area contributed by atoms with Gasteiger partial charge < -0.3 is 25.0 Å². The van der Waals surface area contributed by atoms with Gasteiger partial charge in [0.1, 0.15) is 17.3 Å². The SMILES string of the molecule is CN1CCN(c2cc(-c3cc(Oc4ccc5nc(NC6c7ccccc7C[C@@H]6O)sc5c4)ccn3)ccn2)CC1. The number of anilines is 2. The quantitative estimate of drug-likeness (QED) is 0.292. The highest BCUT2D eigenvalue weighted by molar-refractivity contribution is 7.22. The van der Waals surface area contributed by atoms with E-state index in [0.29, 0.717) is 6.42 Å². The molecule has 9 heteroatoms. The number of piperazine rings is 1. The summed E-state index contributed by atoms with van der Waals surface area (Å²) in [7, 11) is 2.15. The zero-order valence-corrected chi connectivity index (χ0v) is 23.0. The second-order valence-electron chi connectivity index (χ2n) is 10.4. The summed E-state index contributed by atoms with van der Waals surface area (Å²) in [5, 5.41) is 14.9. The summed E-state index contributed by atoms with van der Waals surface area (Å²) in [6.45, 7) is 4.00. The maximum atomic E-state index is 10.6. The molecule has 0 spiro atoms. The zero-order chi connectivity index (χ0) is 27.1. The molecule has 2 N–H and O–H groups in total. The number of aromatic nitrogens is 3. The van der Waals surface area contributed by atoms with Gasteiger partial charge in [-0.2, -0.15) is 0 Å². The van der Waals surface area contributed by atoms with Crippen LogP contribution in [0.15, 0.2) is 79.1 Å². The molecule has 202 valence electrons. The number of fused-ring (bicyclic) bond motifs is 2. The lowest BCUT2D eigenvalue weighted by atomic mass is 10.1. The summed E-state index contributed by atoms with van der Waals surface area (Å²) in [5.74, 6) is 2.43. The van der Waals surface area contributed by atoms with Crippen LogP contribution in [0.25, 0.3) is 21.5 Å². The Morgan fingerprint density at radius 1 is 0.925 bits per heavy atom. The Hall–Kier alpha value is -4.05. The molecule has 0 saturated carbocycles. The van der Waals surface area contributed by atoms with Crippen molar-refractivity contribution in [2.45, 2.75) is 18.6 Å². The summed E-state index contributed by atoms with van der Waals surface area (Å²) >= 11 is 1.56. The van der Waals surface area contributed by atoms with Crippen LogP contribution in [-0.4, -0.2) is 64.3 Å². The van der Waals surface area contributed by atoms with Crippen molar-refractivity contribution in [3.8, 4) is 22.8 Å². The minimum atomic E-state index is -0.470. The Labute approximate surface area is 236 Å². The number of aliphatic hydroxyl groups excluding tert-OH is 1. The van der Waals surface area contributed by atoms with Gasteiger partial charge in [0, 0.05) is 62.7 Å². The molecule has 0 amide bonds. The fourth-order valence-corrected chi connectivity index (χ4v) is 6.40. The van der Waals surface area contributed by atoms with E-state index in [1.165, 1.54) is 5.56 Å². The molecule has 2 atom stereocenters. The van der Waals surface area contributed by atoms with Crippen molar-refractivity contribution in [3.05, 3.63) is 90.3 Å². The summed E-state index contributed by atoms with van der Waals surface area (Å²) in [6.07, 6.45) is 3.81. The fourth-order valence-electron chi connectivity index (χ4n) is 5.47. The largest absolute Gasteiger partial charge is 0.457 e. The molecule has 1 saturated heterocycles. The van der Waals surface area contributed by atoms with E-state index in [9.17, 15) is 5.11 Å². The van der Waals surface area contributed by atoms with Gasteiger partial charge in [-0.05, 0) is 48.5 Å². The monoisotopic (exact) mass is 550 g/mol. The molecular weight excluding hydrogens is 520 g/mol. The maximum Gasteiger partial charge on any atom is 0.184 e. The average molecular weight is 551 g/mol. The first-order valence-corrected chi connectivity index (χ1v) is 14.4. The fraction of sp³-hybridized carbons (Fsp3) is 0.258. The number of ether oxygens (including phenoxy) is 1. The highest BCUT2D eigenvalue weighted by atomic mass is 32.1. The van der Waals surface area contributed by atoms with E-state index in [0.717, 1.165) is 75.7 Å². The summed E-state index contributed by atoms with van der Waals surface area (Å²) in [5.41, 5.74) is 5.07. The van der Waals surface area contributed by atoms with Crippen LogP contribution < -0.4 is 15.0 Å². The van der Waals surface area contributed by atoms with Gasteiger partial charge in [-0.3, -0.25) is 4.98 Å². The predicted molar refractivity (Wildman–Crippen MR) is 159 cm³/mol. The molecule has 7 rings (SSSR count). The van der Waals surface area contributed by atoms with Gasteiger partial charge in [0.2, 0.25) is 0 Å². The van der Waals surface area contributed by atoms with E-state index in [-0.39, 0.29) is 6.04 Å². The third-order valence-corrected chi connectivity index (χ3v) is 8.63. The molecule has 1 unspecified atom stereocenters. The number of hydrogen-bond acceptors (Lipinski definition) is 9. The highest BCUT2D eigenvalue weighted by Crippen LogP contribution is 2.37. The van der Waals surface area contributed by atoms with Crippen LogP contribution in [0.4, 0.5) is 10.9 Å². The van der Waals surface area contributed by atoms with Crippen LogP contribution >= 0.6 is 11.3 Å². The number of pyridine rings is 2. The number of benzene rings is 2. The Balaban J connectivity index is 1.08. The van der Waals surface area contributed by atoms with E-state index < -0.39 is 6.10 Å². The normalized spacial score (nSPS) is 19.1. The Morgan fingerprint density at radius 3 is 2.65 bits per heavy atom. The molecule has 1 aliphatic heterocycles. The van der Waals surface area contributed by atoms with Crippen LogP contribution in [0.3, 0.4) is 0 Å². The van der Waals surface area contributed by atoms with E-state index in [2.05, 4.69) is 50.3 Å². The molecule has 0 radical (unpaired) electrons. The highest BCUT2D eigenvalue weighted by Gasteiger charge is 2.31. The number of rotatable bonds is 6. The van der Waals surface area contributed by atoms with Crippen LogP contribution in [0, 0.1) is 0 Å². The number of nitrogens with zero attached hydrogens (tertiary/aromatic N) is 5. The first-order chi connectivity index (χ1) is 19.6. The van der Waals surface area contributed by atoms with Gasteiger partial charge in [-0.1, -0.05) is 35.6 Å². The van der Waals surface area contributed by atoms with E-state index in [1.807, 2.05) is 54.7 Å². The summed E-state index contributed by atoms with van der Waals surface area (Å²) < 4.78 is 7.27. The Bertz CT molecular complexity index is 1670. The Kier molecular flexibility index (Phi) is 6.55. The molecule has 1 aliphatic carbocycles.